The molecule has 1 aromatic rings. The molecule has 3 N–H and O–H groups in total. The third kappa shape index (κ3) is 3.09. The molecule has 0 atom stereocenters. The zero-order valence-electron chi connectivity index (χ0n) is 10.5. The third-order valence-electron chi connectivity index (χ3n) is 3.56. The summed E-state index contributed by atoms with van der Waals surface area (Å²) in [5.41, 5.74) is 2.12. The second-order valence-electron chi connectivity index (χ2n) is 5.00. The molecular formula is C14H20N2O2. The van der Waals surface area contributed by atoms with Crippen molar-refractivity contribution in [1.29, 1.82) is 0 Å². The highest BCUT2D eigenvalue weighted by Crippen LogP contribution is 2.41. The van der Waals surface area contributed by atoms with E-state index in [4.69, 9.17) is 10.6 Å². The molecule has 0 aliphatic heterocycles. The van der Waals surface area contributed by atoms with Crippen LogP contribution in [0.4, 0.5) is 0 Å². The summed E-state index contributed by atoms with van der Waals surface area (Å²) in [7, 11) is 0. The van der Waals surface area contributed by atoms with Crippen molar-refractivity contribution in [3.8, 4) is 0 Å². The van der Waals surface area contributed by atoms with Gasteiger partial charge in [-0.2, -0.15) is 5.10 Å². The molecule has 1 aliphatic rings. The maximum atomic E-state index is 9.41. The van der Waals surface area contributed by atoms with Crippen LogP contribution in [-0.4, -0.2) is 24.0 Å². The molecule has 2 rings (SSSR count). The molecule has 4 nitrogen and oxygen atoms in total. The predicted octanol–water partition coefficient (Wildman–Crippen LogP) is 1.68. The number of benzene rings is 1. The molecular weight excluding hydrogens is 228 g/mol. The minimum Gasteiger partial charge on any atom is -0.396 e. The van der Waals surface area contributed by atoms with Crippen LogP contribution in [0.25, 0.3) is 0 Å². The van der Waals surface area contributed by atoms with Crippen molar-refractivity contribution in [3.05, 3.63) is 35.9 Å². The van der Waals surface area contributed by atoms with Gasteiger partial charge in [0.05, 0.1) is 6.61 Å². The van der Waals surface area contributed by atoms with E-state index >= 15 is 0 Å². The number of hydrogen-bond donors (Lipinski definition) is 2. The Balaban J connectivity index is 1.69. The van der Waals surface area contributed by atoms with E-state index in [2.05, 4.69) is 5.10 Å². The Bertz CT molecular complexity index is 396. The summed E-state index contributed by atoms with van der Waals surface area (Å²) in [6, 6.07) is 10.1. The van der Waals surface area contributed by atoms with Crippen LogP contribution in [0.3, 0.4) is 0 Å². The standard InChI is InChI=1S/C14H20N2O2/c15-16-13-8-14(9-13,11-17)6-7-18-10-12-4-2-1-3-5-12/h1-5,17H,6-11,15H2. The van der Waals surface area contributed by atoms with E-state index in [0.29, 0.717) is 13.2 Å². The van der Waals surface area contributed by atoms with Crippen LogP contribution in [-0.2, 0) is 11.3 Å². The minimum absolute atomic E-state index is 0.0467. The highest BCUT2D eigenvalue weighted by molar-refractivity contribution is 5.91. The molecule has 0 spiro atoms. The van der Waals surface area contributed by atoms with Crippen LogP contribution in [0.1, 0.15) is 24.8 Å². The van der Waals surface area contributed by atoms with Gasteiger partial charge in [0, 0.05) is 24.3 Å². The number of hydrazone groups is 1. The molecule has 1 fully saturated rings. The molecule has 98 valence electrons. The zero-order valence-corrected chi connectivity index (χ0v) is 10.5. The number of rotatable bonds is 6. The molecule has 0 aromatic heterocycles. The van der Waals surface area contributed by atoms with Gasteiger partial charge < -0.3 is 15.7 Å². The lowest BCUT2D eigenvalue weighted by molar-refractivity contribution is 0.0437. The summed E-state index contributed by atoms with van der Waals surface area (Å²) >= 11 is 0. The van der Waals surface area contributed by atoms with Crippen LogP contribution in [0, 0.1) is 5.41 Å². The highest BCUT2D eigenvalue weighted by atomic mass is 16.5. The van der Waals surface area contributed by atoms with Crippen molar-refractivity contribution < 1.29 is 9.84 Å². The molecule has 4 heteroatoms. The summed E-state index contributed by atoms with van der Waals surface area (Å²) in [5, 5.41) is 13.1. The number of ether oxygens (including phenoxy) is 1. The van der Waals surface area contributed by atoms with E-state index < -0.39 is 0 Å². The minimum atomic E-state index is -0.0467. The Labute approximate surface area is 107 Å². The van der Waals surface area contributed by atoms with Crippen molar-refractivity contribution in [2.24, 2.45) is 16.4 Å². The van der Waals surface area contributed by atoms with Crippen molar-refractivity contribution in [1.82, 2.24) is 0 Å². The van der Waals surface area contributed by atoms with Gasteiger partial charge in [-0.15, -0.1) is 0 Å². The molecule has 0 saturated heterocycles. The largest absolute Gasteiger partial charge is 0.396 e. The molecule has 0 radical (unpaired) electrons. The van der Waals surface area contributed by atoms with Crippen LogP contribution in [0.5, 0.6) is 0 Å². The first-order valence-corrected chi connectivity index (χ1v) is 6.26. The van der Waals surface area contributed by atoms with Crippen molar-refractivity contribution in [2.75, 3.05) is 13.2 Å². The average molecular weight is 248 g/mol. The Morgan fingerprint density at radius 1 is 1.28 bits per heavy atom. The molecule has 0 heterocycles. The van der Waals surface area contributed by atoms with E-state index in [-0.39, 0.29) is 12.0 Å². The summed E-state index contributed by atoms with van der Waals surface area (Å²) in [6.45, 7) is 1.47. The lowest BCUT2D eigenvalue weighted by Gasteiger charge is -2.41. The molecule has 1 aromatic carbocycles. The van der Waals surface area contributed by atoms with Crippen LogP contribution >= 0.6 is 0 Å². The first kappa shape index (κ1) is 13.1. The SMILES string of the molecule is NN=C1CC(CO)(CCOCc2ccccc2)C1. The Morgan fingerprint density at radius 2 is 2.00 bits per heavy atom. The number of nitrogens with zero attached hydrogens (tertiary/aromatic N) is 1. The predicted molar refractivity (Wildman–Crippen MR) is 71.1 cm³/mol. The molecule has 18 heavy (non-hydrogen) atoms. The number of aliphatic hydroxyl groups excluding tert-OH is 1. The average Bonchev–Trinajstić information content (AvgIpc) is 2.38. The summed E-state index contributed by atoms with van der Waals surface area (Å²) in [4.78, 5) is 0. The first-order valence-electron chi connectivity index (χ1n) is 6.26. The van der Waals surface area contributed by atoms with Gasteiger partial charge >= 0.3 is 0 Å². The maximum absolute atomic E-state index is 9.41. The Morgan fingerprint density at radius 3 is 2.61 bits per heavy atom. The zero-order chi connectivity index (χ0) is 12.8. The lowest BCUT2D eigenvalue weighted by atomic mass is 9.66. The van der Waals surface area contributed by atoms with Crippen molar-refractivity contribution in [2.45, 2.75) is 25.9 Å². The van der Waals surface area contributed by atoms with E-state index in [1.54, 1.807) is 0 Å². The van der Waals surface area contributed by atoms with Gasteiger partial charge in [-0.1, -0.05) is 30.3 Å². The van der Waals surface area contributed by atoms with Gasteiger partial charge in [-0.3, -0.25) is 0 Å². The van der Waals surface area contributed by atoms with Crippen LogP contribution < -0.4 is 5.84 Å². The number of aliphatic hydroxyl groups is 1. The fourth-order valence-electron chi connectivity index (χ4n) is 2.33. The van der Waals surface area contributed by atoms with Gasteiger partial charge in [0.15, 0.2) is 0 Å². The Hall–Kier alpha value is -1.39. The molecule has 1 saturated carbocycles. The second-order valence-corrected chi connectivity index (χ2v) is 5.00. The van der Waals surface area contributed by atoms with Crippen molar-refractivity contribution >= 4 is 5.71 Å². The normalized spacial score (nSPS) is 22.6. The molecule has 0 bridgehead atoms. The molecule has 1 aliphatic carbocycles. The van der Waals surface area contributed by atoms with Gasteiger partial charge in [-0.25, -0.2) is 0 Å². The molecule has 0 unspecified atom stereocenters. The van der Waals surface area contributed by atoms with E-state index in [1.165, 1.54) is 5.56 Å². The topological polar surface area (TPSA) is 67.8 Å². The third-order valence-corrected chi connectivity index (χ3v) is 3.56. The quantitative estimate of drug-likeness (QED) is 0.457. The highest BCUT2D eigenvalue weighted by Gasteiger charge is 2.40. The molecule has 0 amide bonds. The fraction of sp³-hybridized carbons (Fsp3) is 0.500. The van der Waals surface area contributed by atoms with Crippen LogP contribution in [0.15, 0.2) is 35.4 Å². The summed E-state index contributed by atoms with van der Waals surface area (Å²) in [5.74, 6) is 5.22. The maximum Gasteiger partial charge on any atom is 0.0716 e. The van der Waals surface area contributed by atoms with E-state index in [1.807, 2.05) is 30.3 Å². The number of hydrogen-bond acceptors (Lipinski definition) is 4. The van der Waals surface area contributed by atoms with Gasteiger partial charge in [0.2, 0.25) is 0 Å². The van der Waals surface area contributed by atoms with Gasteiger partial charge in [0.25, 0.3) is 0 Å². The second kappa shape index (κ2) is 5.98. The Kier molecular flexibility index (Phi) is 4.33. The monoisotopic (exact) mass is 248 g/mol. The van der Waals surface area contributed by atoms with E-state index in [9.17, 15) is 5.11 Å². The van der Waals surface area contributed by atoms with Crippen molar-refractivity contribution in [3.63, 3.8) is 0 Å². The number of nitrogens with two attached hydrogens (primary N) is 1. The van der Waals surface area contributed by atoms with Gasteiger partial charge in [-0.05, 0) is 24.8 Å². The smallest absolute Gasteiger partial charge is 0.0716 e. The van der Waals surface area contributed by atoms with E-state index in [0.717, 1.165) is 25.0 Å². The van der Waals surface area contributed by atoms with Crippen LogP contribution in [0.2, 0.25) is 0 Å². The summed E-state index contributed by atoms with van der Waals surface area (Å²) < 4.78 is 5.64. The summed E-state index contributed by atoms with van der Waals surface area (Å²) in [6.07, 6.45) is 2.46. The first-order chi connectivity index (χ1) is 8.78. The fourth-order valence-corrected chi connectivity index (χ4v) is 2.33. The lowest BCUT2D eigenvalue weighted by Crippen LogP contribution is -2.42. The van der Waals surface area contributed by atoms with Gasteiger partial charge in [0.1, 0.15) is 0 Å².